The molecule has 0 unspecified atom stereocenters. The van der Waals surface area contributed by atoms with Crippen LogP contribution in [0.5, 0.6) is 0 Å². The van der Waals surface area contributed by atoms with Crippen LogP contribution in [0.3, 0.4) is 0 Å². The fourth-order valence-electron chi connectivity index (χ4n) is 2.07. The SMILES string of the molecule is Cc1ccc(Cl)cc1NC(=O)[C@@H](C)Sc1nnc(NCc2ccco2)s1. The van der Waals surface area contributed by atoms with Gasteiger partial charge in [0.25, 0.3) is 0 Å². The van der Waals surface area contributed by atoms with Crippen molar-refractivity contribution in [3.05, 3.63) is 52.9 Å². The summed E-state index contributed by atoms with van der Waals surface area (Å²) >= 11 is 8.75. The highest BCUT2D eigenvalue weighted by atomic mass is 35.5. The zero-order chi connectivity index (χ0) is 18.5. The van der Waals surface area contributed by atoms with Gasteiger partial charge in [-0.3, -0.25) is 4.79 Å². The van der Waals surface area contributed by atoms with Crippen LogP contribution in [0.2, 0.25) is 5.02 Å². The number of aryl methyl sites for hydroxylation is 1. The molecule has 3 aromatic rings. The van der Waals surface area contributed by atoms with Gasteiger partial charge in [-0.15, -0.1) is 10.2 Å². The molecule has 0 aliphatic rings. The Bertz CT molecular complexity index is 883. The molecule has 9 heteroatoms. The second-order valence-electron chi connectivity index (χ2n) is 5.51. The van der Waals surface area contributed by atoms with Crippen LogP contribution in [0.1, 0.15) is 18.2 Å². The van der Waals surface area contributed by atoms with Gasteiger partial charge in [-0.05, 0) is 43.7 Å². The molecule has 6 nitrogen and oxygen atoms in total. The van der Waals surface area contributed by atoms with E-state index in [4.69, 9.17) is 16.0 Å². The van der Waals surface area contributed by atoms with E-state index in [0.717, 1.165) is 15.7 Å². The minimum Gasteiger partial charge on any atom is -0.467 e. The van der Waals surface area contributed by atoms with Crippen molar-refractivity contribution in [2.24, 2.45) is 0 Å². The molecule has 26 heavy (non-hydrogen) atoms. The van der Waals surface area contributed by atoms with Gasteiger partial charge in [0.2, 0.25) is 11.0 Å². The highest BCUT2D eigenvalue weighted by molar-refractivity contribution is 8.02. The number of hydrogen-bond acceptors (Lipinski definition) is 7. The van der Waals surface area contributed by atoms with Crippen LogP contribution in [0, 0.1) is 6.92 Å². The topological polar surface area (TPSA) is 80.0 Å². The molecular weight excluding hydrogens is 392 g/mol. The molecule has 0 saturated heterocycles. The molecule has 0 fully saturated rings. The summed E-state index contributed by atoms with van der Waals surface area (Å²) in [5.41, 5.74) is 1.67. The molecule has 0 aliphatic heterocycles. The predicted molar refractivity (Wildman–Crippen MR) is 106 cm³/mol. The fourth-order valence-corrected chi connectivity index (χ4v) is 4.14. The first-order valence-corrected chi connectivity index (χ1v) is 9.92. The van der Waals surface area contributed by atoms with Crippen LogP contribution in [-0.4, -0.2) is 21.4 Å². The molecule has 1 atom stereocenters. The number of hydrogen-bond donors (Lipinski definition) is 2. The Labute approximate surface area is 164 Å². The fraction of sp³-hybridized carbons (Fsp3) is 0.235. The van der Waals surface area contributed by atoms with Crippen molar-refractivity contribution >= 4 is 51.4 Å². The third kappa shape index (κ3) is 5.00. The van der Waals surface area contributed by atoms with Gasteiger partial charge in [0, 0.05) is 10.7 Å². The first-order chi connectivity index (χ1) is 12.5. The van der Waals surface area contributed by atoms with E-state index in [1.807, 2.05) is 32.0 Å². The summed E-state index contributed by atoms with van der Waals surface area (Å²) in [7, 11) is 0. The molecule has 2 N–H and O–H groups in total. The summed E-state index contributed by atoms with van der Waals surface area (Å²) in [4.78, 5) is 12.4. The Morgan fingerprint density at radius 1 is 1.38 bits per heavy atom. The van der Waals surface area contributed by atoms with E-state index in [1.165, 1.54) is 23.1 Å². The molecule has 0 saturated carbocycles. The van der Waals surface area contributed by atoms with Crippen LogP contribution in [0.15, 0.2) is 45.4 Å². The normalized spacial score (nSPS) is 12.0. The van der Waals surface area contributed by atoms with Gasteiger partial charge in [0.15, 0.2) is 4.34 Å². The second-order valence-corrected chi connectivity index (χ2v) is 8.52. The first-order valence-electron chi connectivity index (χ1n) is 7.84. The summed E-state index contributed by atoms with van der Waals surface area (Å²) < 4.78 is 5.98. The van der Waals surface area contributed by atoms with E-state index >= 15 is 0 Å². The minimum atomic E-state index is -0.320. The van der Waals surface area contributed by atoms with Crippen molar-refractivity contribution in [1.29, 1.82) is 0 Å². The number of carbonyl (C=O) groups excluding carboxylic acids is 1. The number of aromatic nitrogens is 2. The Morgan fingerprint density at radius 3 is 3.00 bits per heavy atom. The van der Waals surface area contributed by atoms with E-state index in [1.54, 1.807) is 18.4 Å². The summed E-state index contributed by atoms with van der Waals surface area (Å²) in [5.74, 6) is 0.708. The van der Waals surface area contributed by atoms with Gasteiger partial charge >= 0.3 is 0 Å². The number of anilines is 2. The summed E-state index contributed by atoms with van der Waals surface area (Å²) in [6, 6.07) is 9.13. The number of furan rings is 1. The Kier molecular flexibility index (Phi) is 6.18. The molecule has 2 heterocycles. The number of carbonyl (C=O) groups is 1. The maximum Gasteiger partial charge on any atom is 0.237 e. The van der Waals surface area contributed by atoms with Gasteiger partial charge in [0.05, 0.1) is 18.1 Å². The maximum absolute atomic E-state index is 12.4. The molecule has 136 valence electrons. The standard InChI is InChI=1S/C17H17ClN4O2S2/c1-10-5-6-12(18)8-14(10)20-15(23)11(2)25-17-22-21-16(26-17)19-9-13-4-3-7-24-13/h3-8,11H,9H2,1-2H3,(H,19,21)(H,20,23)/t11-/m1/s1. The third-order valence-electron chi connectivity index (χ3n) is 3.50. The summed E-state index contributed by atoms with van der Waals surface area (Å²) in [5, 5.41) is 15.2. The first kappa shape index (κ1) is 18.8. The predicted octanol–water partition coefficient (Wildman–Crippen LogP) is 4.82. The lowest BCUT2D eigenvalue weighted by atomic mass is 10.2. The van der Waals surface area contributed by atoms with Crippen molar-refractivity contribution in [3.63, 3.8) is 0 Å². The van der Waals surface area contributed by atoms with E-state index in [9.17, 15) is 4.79 Å². The molecule has 0 spiro atoms. The molecule has 1 amide bonds. The van der Waals surface area contributed by atoms with Crippen molar-refractivity contribution in [1.82, 2.24) is 10.2 Å². The number of benzene rings is 1. The monoisotopic (exact) mass is 408 g/mol. The van der Waals surface area contributed by atoms with Crippen molar-refractivity contribution < 1.29 is 9.21 Å². The average Bonchev–Trinajstić information content (AvgIpc) is 3.28. The van der Waals surface area contributed by atoms with Crippen molar-refractivity contribution in [2.45, 2.75) is 30.0 Å². The Hall–Kier alpha value is -2.03. The molecular formula is C17H17ClN4O2S2. The van der Waals surface area contributed by atoms with Crippen LogP contribution < -0.4 is 10.6 Å². The zero-order valence-electron chi connectivity index (χ0n) is 14.2. The van der Waals surface area contributed by atoms with E-state index in [0.29, 0.717) is 22.4 Å². The van der Waals surface area contributed by atoms with E-state index in [-0.39, 0.29) is 11.2 Å². The lowest BCUT2D eigenvalue weighted by Crippen LogP contribution is -2.22. The third-order valence-corrected chi connectivity index (χ3v) is 5.81. The van der Waals surface area contributed by atoms with Crippen LogP contribution >= 0.6 is 34.7 Å². The van der Waals surface area contributed by atoms with Crippen molar-refractivity contribution in [2.75, 3.05) is 10.6 Å². The lowest BCUT2D eigenvalue weighted by Gasteiger charge is -2.12. The quantitative estimate of drug-likeness (QED) is 0.545. The minimum absolute atomic E-state index is 0.110. The highest BCUT2D eigenvalue weighted by Gasteiger charge is 2.18. The molecule has 0 aliphatic carbocycles. The number of thioether (sulfide) groups is 1. The van der Waals surface area contributed by atoms with Gasteiger partial charge in [-0.1, -0.05) is 40.8 Å². The number of nitrogens with one attached hydrogen (secondary N) is 2. The number of rotatable bonds is 7. The number of amides is 1. The zero-order valence-corrected chi connectivity index (χ0v) is 16.5. The molecule has 1 aromatic carbocycles. The van der Waals surface area contributed by atoms with Crippen LogP contribution in [0.4, 0.5) is 10.8 Å². The van der Waals surface area contributed by atoms with Gasteiger partial charge in [-0.25, -0.2) is 0 Å². The number of halogens is 1. The summed E-state index contributed by atoms with van der Waals surface area (Å²) in [6.07, 6.45) is 1.63. The van der Waals surface area contributed by atoms with Gasteiger partial charge in [0.1, 0.15) is 5.76 Å². The number of nitrogens with zero attached hydrogens (tertiary/aromatic N) is 2. The smallest absolute Gasteiger partial charge is 0.237 e. The Morgan fingerprint density at radius 2 is 2.23 bits per heavy atom. The van der Waals surface area contributed by atoms with Gasteiger partial charge in [-0.2, -0.15) is 0 Å². The van der Waals surface area contributed by atoms with Gasteiger partial charge < -0.3 is 15.1 Å². The molecule has 0 bridgehead atoms. The second kappa shape index (κ2) is 8.57. The maximum atomic E-state index is 12.4. The van der Waals surface area contributed by atoms with E-state index < -0.39 is 0 Å². The molecule has 3 rings (SSSR count). The largest absolute Gasteiger partial charge is 0.467 e. The Balaban J connectivity index is 1.54. The van der Waals surface area contributed by atoms with E-state index in [2.05, 4.69) is 20.8 Å². The summed E-state index contributed by atoms with van der Waals surface area (Å²) in [6.45, 7) is 4.29. The van der Waals surface area contributed by atoms with Crippen molar-refractivity contribution in [3.8, 4) is 0 Å². The molecule has 0 radical (unpaired) electrons. The molecule has 2 aromatic heterocycles. The highest BCUT2D eigenvalue weighted by Crippen LogP contribution is 2.30. The van der Waals surface area contributed by atoms with Crippen LogP contribution in [0.25, 0.3) is 0 Å². The van der Waals surface area contributed by atoms with Crippen LogP contribution in [-0.2, 0) is 11.3 Å². The lowest BCUT2D eigenvalue weighted by molar-refractivity contribution is -0.115. The average molecular weight is 409 g/mol.